The van der Waals surface area contributed by atoms with Crippen LogP contribution in [0.2, 0.25) is 0 Å². The summed E-state index contributed by atoms with van der Waals surface area (Å²) in [5.41, 5.74) is 0. The van der Waals surface area contributed by atoms with Crippen LogP contribution >= 0.6 is 7.82 Å². The Hall–Kier alpha value is -2.10. The zero-order valence-corrected chi connectivity index (χ0v) is 39.1. The Bertz CT molecular complexity index is 1160. The molecule has 348 valence electrons. The highest BCUT2D eigenvalue weighted by atomic mass is 31.2. The van der Waals surface area contributed by atoms with Gasteiger partial charge in [0.15, 0.2) is 0 Å². The minimum atomic E-state index is -4.54. The molecular weight excluding hydrogens is 776 g/mol. The summed E-state index contributed by atoms with van der Waals surface area (Å²) in [6.45, 7) is 3.26. The number of allylic oxidation sites excluding steroid dienone is 12. The van der Waals surface area contributed by atoms with Crippen molar-refractivity contribution in [1.29, 1.82) is 0 Å². The highest BCUT2D eigenvalue weighted by molar-refractivity contribution is 7.47. The second kappa shape index (κ2) is 46.4. The van der Waals surface area contributed by atoms with Crippen molar-refractivity contribution in [2.75, 3.05) is 33.0 Å². The van der Waals surface area contributed by atoms with E-state index in [-0.39, 0.29) is 13.0 Å². The van der Waals surface area contributed by atoms with E-state index < -0.39 is 45.8 Å². The molecule has 10 heteroatoms. The number of hydrogen-bond acceptors (Lipinski definition) is 8. The fourth-order valence-corrected chi connectivity index (χ4v) is 7.10. The molecule has 60 heavy (non-hydrogen) atoms. The fourth-order valence-electron chi connectivity index (χ4n) is 6.31. The number of aliphatic hydroxyl groups is 2. The van der Waals surface area contributed by atoms with Gasteiger partial charge in [-0.2, -0.15) is 0 Å². The van der Waals surface area contributed by atoms with Crippen LogP contribution in [0, 0.1) is 0 Å². The minimum absolute atomic E-state index is 0.00789. The van der Waals surface area contributed by atoms with Crippen LogP contribution in [0.4, 0.5) is 0 Å². The second-order valence-corrected chi connectivity index (χ2v) is 17.2. The number of unbranched alkanes of at least 4 members (excludes halogenated alkanes) is 19. The molecule has 0 aromatic heterocycles. The molecule has 0 rings (SSSR count). The van der Waals surface area contributed by atoms with Crippen molar-refractivity contribution in [3.8, 4) is 0 Å². The molecular formula is C50H89O9P. The molecule has 0 saturated carbocycles. The Labute approximate surface area is 367 Å². The number of hydrogen-bond donors (Lipinski definition) is 3. The molecule has 0 aromatic rings. The largest absolute Gasteiger partial charge is 0.472 e. The fraction of sp³-hybridized carbons (Fsp3) is 0.740. The number of carbonyl (C=O) groups is 1. The molecule has 0 radical (unpaired) electrons. The van der Waals surface area contributed by atoms with Gasteiger partial charge in [0, 0.05) is 13.0 Å². The maximum absolute atomic E-state index is 12.7. The number of phosphoric acid groups is 1. The van der Waals surface area contributed by atoms with E-state index in [0.717, 1.165) is 70.6 Å². The van der Waals surface area contributed by atoms with Gasteiger partial charge in [-0.15, -0.1) is 0 Å². The molecule has 0 aliphatic rings. The number of aliphatic hydroxyl groups excluding tert-OH is 2. The summed E-state index contributed by atoms with van der Waals surface area (Å²) < 4.78 is 33.4. The monoisotopic (exact) mass is 865 g/mol. The van der Waals surface area contributed by atoms with Crippen molar-refractivity contribution in [3.63, 3.8) is 0 Å². The quantitative estimate of drug-likeness (QED) is 0.0237. The first-order chi connectivity index (χ1) is 29.3. The van der Waals surface area contributed by atoms with Gasteiger partial charge in [-0.3, -0.25) is 13.8 Å². The van der Waals surface area contributed by atoms with Crippen molar-refractivity contribution in [1.82, 2.24) is 0 Å². The molecule has 0 heterocycles. The van der Waals surface area contributed by atoms with E-state index >= 15 is 0 Å². The number of carbonyl (C=O) groups excluding carboxylic acids is 1. The van der Waals surface area contributed by atoms with Gasteiger partial charge in [0.25, 0.3) is 0 Å². The third-order valence-electron chi connectivity index (χ3n) is 9.91. The smallest absolute Gasteiger partial charge is 0.457 e. The lowest BCUT2D eigenvalue weighted by Gasteiger charge is -2.20. The lowest BCUT2D eigenvalue weighted by Crippen LogP contribution is -2.29. The highest BCUT2D eigenvalue weighted by Crippen LogP contribution is 2.43. The summed E-state index contributed by atoms with van der Waals surface area (Å²) in [5, 5.41) is 18.4. The predicted molar refractivity (Wildman–Crippen MR) is 251 cm³/mol. The van der Waals surface area contributed by atoms with E-state index in [0.29, 0.717) is 6.61 Å². The number of phosphoric ester groups is 1. The van der Waals surface area contributed by atoms with Gasteiger partial charge in [-0.1, -0.05) is 202 Å². The topological polar surface area (TPSA) is 132 Å². The van der Waals surface area contributed by atoms with Crippen LogP contribution in [0.3, 0.4) is 0 Å². The van der Waals surface area contributed by atoms with Gasteiger partial charge >= 0.3 is 13.8 Å². The van der Waals surface area contributed by atoms with Crippen molar-refractivity contribution in [3.05, 3.63) is 72.9 Å². The van der Waals surface area contributed by atoms with E-state index in [1.54, 1.807) is 0 Å². The Morgan fingerprint density at radius 3 is 1.37 bits per heavy atom. The van der Waals surface area contributed by atoms with Crippen LogP contribution in [0.15, 0.2) is 72.9 Å². The van der Waals surface area contributed by atoms with E-state index in [9.17, 15) is 19.4 Å². The third-order valence-corrected chi connectivity index (χ3v) is 10.9. The van der Waals surface area contributed by atoms with E-state index in [1.165, 1.54) is 103 Å². The lowest BCUT2D eigenvalue weighted by atomic mass is 10.0. The summed E-state index contributed by atoms with van der Waals surface area (Å²) in [7, 11) is -4.54. The summed E-state index contributed by atoms with van der Waals surface area (Å²) in [6.07, 6.45) is 55.9. The normalized spacial score (nSPS) is 14.6. The SMILES string of the molecule is CC/C=C\C/C=C\C/C=C\C/C=C\C/C=C\C/C=C\CCCOCC(COP(=O)(O)OCC(O)CO)OC(=O)CCCCCCCCCCCCCCCCCCCCC. The molecule has 0 aliphatic heterocycles. The van der Waals surface area contributed by atoms with Crippen molar-refractivity contribution in [2.24, 2.45) is 0 Å². The molecule has 0 bridgehead atoms. The van der Waals surface area contributed by atoms with Crippen LogP contribution in [0.1, 0.15) is 194 Å². The molecule has 0 amide bonds. The second-order valence-electron chi connectivity index (χ2n) is 15.8. The van der Waals surface area contributed by atoms with E-state index in [2.05, 4.69) is 86.8 Å². The Balaban J connectivity index is 4.22. The van der Waals surface area contributed by atoms with Gasteiger partial charge in [-0.05, 0) is 57.8 Å². The first kappa shape index (κ1) is 57.9. The first-order valence-corrected chi connectivity index (χ1v) is 25.4. The summed E-state index contributed by atoms with van der Waals surface area (Å²) >= 11 is 0. The third kappa shape index (κ3) is 45.4. The van der Waals surface area contributed by atoms with Crippen LogP contribution in [-0.2, 0) is 27.9 Å². The lowest BCUT2D eigenvalue weighted by molar-refractivity contribution is -0.154. The molecule has 3 atom stereocenters. The molecule has 0 spiro atoms. The van der Waals surface area contributed by atoms with E-state index in [1.807, 2.05) is 0 Å². The van der Waals surface area contributed by atoms with Crippen LogP contribution < -0.4 is 0 Å². The number of ether oxygens (including phenoxy) is 2. The zero-order chi connectivity index (χ0) is 43.9. The van der Waals surface area contributed by atoms with Crippen molar-refractivity contribution < 1.29 is 43.0 Å². The molecule has 0 aliphatic carbocycles. The van der Waals surface area contributed by atoms with Crippen molar-refractivity contribution >= 4 is 13.8 Å². The molecule has 0 fully saturated rings. The highest BCUT2D eigenvalue weighted by Gasteiger charge is 2.26. The van der Waals surface area contributed by atoms with Gasteiger partial charge < -0.3 is 24.6 Å². The molecule has 0 saturated heterocycles. The van der Waals surface area contributed by atoms with E-state index in [4.69, 9.17) is 23.6 Å². The van der Waals surface area contributed by atoms with Crippen molar-refractivity contribution in [2.45, 2.75) is 206 Å². The van der Waals surface area contributed by atoms with Crippen LogP contribution in [-0.4, -0.2) is 66.3 Å². The average molecular weight is 865 g/mol. The Morgan fingerprint density at radius 2 is 0.933 bits per heavy atom. The predicted octanol–water partition coefficient (Wildman–Crippen LogP) is 13.7. The Morgan fingerprint density at radius 1 is 0.533 bits per heavy atom. The summed E-state index contributed by atoms with van der Waals surface area (Å²) in [6, 6.07) is 0. The average Bonchev–Trinajstić information content (AvgIpc) is 3.24. The van der Waals surface area contributed by atoms with Gasteiger partial charge in [0.05, 0.1) is 26.4 Å². The van der Waals surface area contributed by atoms with Crippen LogP contribution in [0.25, 0.3) is 0 Å². The maximum atomic E-state index is 12.7. The standard InChI is InChI=1S/C50H89O9P/c1-3-5-7-9-11-13-15-17-19-21-23-25-27-29-31-33-35-37-39-41-43-56-46-49(47-58-60(54,55)57-45-48(52)44-51)59-50(53)42-40-38-36-34-32-30-28-26-24-22-20-18-16-14-12-10-8-6-4-2/h5,7,11,13,17,19,23,25,29,31,35,37,48-49,51-52H,3-4,6,8-10,12,14-16,18,20-22,24,26-28,30,32-34,36,38-47H2,1-2H3,(H,54,55)/b7-5-,13-11-,19-17-,25-23-,31-29-,37-35-. The summed E-state index contributed by atoms with van der Waals surface area (Å²) in [4.78, 5) is 22.6. The molecule has 0 aromatic carbocycles. The minimum Gasteiger partial charge on any atom is -0.457 e. The van der Waals surface area contributed by atoms with Crippen LogP contribution in [0.5, 0.6) is 0 Å². The Kier molecular flexibility index (Phi) is 44.8. The van der Waals surface area contributed by atoms with Gasteiger partial charge in [0.2, 0.25) is 0 Å². The number of rotatable bonds is 45. The first-order valence-electron chi connectivity index (χ1n) is 23.9. The molecule has 3 N–H and O–H groups in total. The van der Waals surface area contributed by atoms with Gasteiger partial charge in [0.1, 0.15) is 12.2 Å². The molecule has 3 unspecified atom stereocenters. The maximum Gasteiger partial charge on any atom is 0.472 e. The zero-order valence-electron chi connectivity index (χ0n) is 38.2. The number of esters is 1. The molecule has 9 nitrogen and oxygen atoms in total. The van der Waals surface area contributed by atoms with Gasteiger partial charge in [-0.25, -0.2) is 4.57 Å². The summed E-state index contributed by atoms with van der Waals surface area (Å²) in [5.74, 6) is -0.401.